The molecule has 0 spiro atoms. The van der Waals surface area contributed by atoms with Crippen LogP contribution in [0.3, 0.4) is 0 Å². The predicted octanol–water partition coefficient (Wildman–Crippen LogP) is 0.846. The summed E-state index contributed by atoms with van der Waals surface area (Å²) in [6.45, 7) is -0.317. The molecule has 5 nitrogen and oxygen atoms in total. The SMILES string of the molecule is COC(=O)c1cc(C#N)cc(CO)c1OC. The van der Waals surface area contributed by atoms with E-state index in [4.69, 9.17) is 15.1 Å². The van der Waals surface area contributed by atoms with Crippen LogP contribution in [0.25, 0.3) is 0 Å². The maximum Gasteiger partial charge on any atom is 0.341 e. The molecule has 0 heterocycles. The molecule has 0 radical (unpaired) electrons. The quantitative estimate of drug-likeness (QED) is 0.765. The van der Waals surface area contributed by atoms with Gasteiger partial charge >= 0.3 is 5.97 Å². The van der Waals surface area contributed by atoms with Crippen LogP contribution in [0.4, 0.5) is 0 Å². The third-order valence-electron chi connectivity index (χ3n) is 2.07. The summed E-state index contributed by atoms with van der Waals surface area (Å²) < 4.78 is 9.59. The largest absolute Gasteiger partial charge is 0.495 e. The van der Waals surface area contributed by atoms with Crippen LogP contribution in [0, 0.1) is 11.3 Å². The van der Waals surface area contributed by atoms with Crippen LogP contribution in [-0.4, -0.2) is 25.3 Å². The summed E-state index contributed by atoms with van der Waals surface area (Å²) >= 11 is 0. The van der Waals surface area contributed by atoms with Crippen LogP contribution < -0.4 is 4.74 Å². The zero-order valence-corrected chi connectivity index (χ0v) is 8.98. The lowest BCUT2D eigenvalue weighted by molar-refractivity contribution is 0.0596. The van der Waals surface area contributed by atoms with Gasteiger partial charge in [0.1, 0.15) is 11.3 Å². The summed E-state index contributed by atoms with van der Waals surface area (Å²) in [5.41, 5.74) is 0.778. The molecule has 5 heteroatoms. The summed E-state index contributed by atoms with van der Waals surface area (Å²) in [5, 5.41) is 17.9. The molecule has 0 aliphatic rings. The molecule has 0 aromatic heterocycles. The van der Waals surface area contributed by atoms with Crippen molar-refractivity contribution < 1.29 is 19.4 Å². The van der Waals surface area contributed by atoms with Crippen LogP contribution >= 0.6 is 0 Å². The van der Waals surface area contributed by atoms with E-state index in [-0.39, 0.29) is 23.5 Å². The molecule has 0 atom stereocenters. The number of esters is 1. The fraction of sp³-hybridized carbons (Fsp3) is 0.273. The molecular formula is C11H11NO4. The Balaban J connectivity index is 3.44. The van der Waals surface area contributed by atoms with E-state index in [9.17, 15) is 4.79 Å². The van der Waals surface area contributed by atoms with Crippen molar-refractivity contribution in [3.8, 4) is 11.8 Å². The second kappa shape index (κ2) is 5.14. The van der Waals surface area contributed by atoms with Gasteiger partial charge in [-0.2, -0.15) is 5.26 Å². The molecule has 84 valence electrons. The predicted molar refractivity (Wildman–Crippen MR) is 55.0 cm³/mol. The zero-order chi connectivity index (χ0) is 12.1. The van der Waals surface area contributed by atoms with Gasteiger partial charge in [0.2, 0.25) is 0 Å². The molecule has 0 bridgehead atoms. The van der Waals surface area contributed by atoms with Crippen LogP contribution in [-0.2, 0) is 11.3 Å². The van der Waals surface area contributed by atoms with Crippen molar-refractivity contribution >= 4 is 5.97 Å². The highest BCUT2D eigenvalue weighted by Crippen LogP contribution is 2.26. The molecule has 0 amide bonds. The molecule has 0 saturated carbocycles. The van der Waals surface area contributed by atoms with Crippen molar-refractivity contribution in [3.05, 3.63) is 28.8 Å². The number of aliphatic hydroxyl groups excluding tert-OH is 1. The first-order chi connectivity index (χ1) is 7.67. The van der Waals surface area contributed by atoms with Crippen molar-refractivity contribution in [1.82, 2.24) is 0 Å². The summed E-state index contributed by atoms with van der Waals surface area (Å²) in [4.78, 5) is 11.4. The zero-order valence-electron chi connectivity index (χ0n) is 8.98. The van der Waals surface area contributed by atoms with Crippen LogP contribution in [0.5, 0.6) is 5.75 Å². The summed E-state index contributed by atoms with van der Waals surface area (Å²) in [6, 6.07) is 4.73. The van der Waals surface area contributed by atoms with Crippen LogP contribution in [0.15, 0.2) is 12.1 Å². The summed E-state index contributed by atoms with van der Waals surface area (Å²) in [6.07, 6.45) is 0. The number of rotatable bonds is 3. The molecule has 0 saturated heterocycles. The van der Waals surface area contributed by atoms with E-state index >= 15 is 0 Å². The Bertz CT molecular complexity index is 448. The number of hydrogen-bond acceptors (Lipinski definition) is 5. The fourth-order valence-electron chi connectivity index (χ4n) is 1.37. The molecule has 1 aromatic rings. The molecule has 1 N–H and O–H groups in total. The minimum absolute atomic E-state index is 0.133. The standard InChI is InChI=1S/C11H11NO4/c1-15-10-8(6-13)3-7(5-12)4-9(10)11(14)16-2/h3-4,13H,6H2,1-2H3. The Morgan fingerprint density at radius 1 is 1.50 bits per heavy atom. The van der Waals surface area contributed by atoms with Gasteiger partial charge in [0.25, 0.3) is 0 Å². The molecular weight excluding hydrogens is 210 g/mol. The minimum Gasteiger partial charge on any atom is -0.495 e. The Morgan fingerprint density at radius 3 is 2.62 bits per heavy atom. The number of nitriles is 1. The molecule has 16 heavy (non-hydrogen) atoms. The first kappa shape index (κ1) is 12.0. The number of ether oxygens (including phenoxy) is 2. The Labute approximate surface area is 92.8 Å². The van der Waals surface area contributed by atoms with E-state index in [0.29, 0.717) is 5.56 Å². The number of carbonyl (C=O) groups excluding carboxylic acids is 1. The van der Waals surface area contributed by atoms with Gasteiger partial charge in [0, 0.05) is 5.56 Å². The van der Waals surface area contributed by atoms with Crippen molar-refractivity contribution in [1.29, 1.82) is 5.26 Å². The molecule has 0 aliphatic carbocycles. The molecule has 0 aliphatic heterocycles. The third-order valence-corrected chi connectivity index (χ3v) is 2.07. The van der Waals surface area contributed by atoms with Crippen molar-refractivity contribution in [2.45, 2.75) is 6.61 Å². The average Bonchev–Trinajstić information content (AvgIpc) is 2.35. The number of methoxy groups -OCH3 is 2. The highest BCUT2D eigenvalue weighted by Gasteiger charge is 2.17. The lowest BCUT2D eigenvalue weighted by Gasteiger charge is -2.11. The van der Waals surface area contributed by atoms with Gasteiger partial charge in [0.05, 0.1) is 32.5 Å². The van der Waals surface area contributed by atoms with E-state index in [0.717, 1.165) is 0 Å². The minimum atomic E-state index is -0.608. The van der Waals surface area contributed by atoms with Crippen molar-refractivity contribution in [2.24, 2.45) is 0 Å². The first-order valence-corrected chi connectivity index (χ1v) is 4.48. The monoisotopic (exact) mass is 221 g/mol. The molecule has 1 aromatic carbocycles. The lowest BCUT2D eigenvalue weighted by Crippen LogP contribution is -2.07. The van der Waals surface area contributed by atoms with Crippen LogP contribution in [0.2, 0.25) is 0 Å². The van der Waals surface area contributed by atoms with E-state index in [1.54, 1.807) is 0 Å². The Hall–Kier alpha value is -2.06. The van der Waals surface area contributed by atoms with E-state index < -0.39 is 5.97 Å². The third kappa shape index (κ3) is 2.12. The summed E-state index contributed by atoms with van der Waals surface area (Å²) in [5.74, 6) is -0.378. The van der Waals surface area contributed by atoms with E-state index in [2.05, 4.69) is 4.74 Å². The molecule has 1 rings (SSSR count). The van der Waals surface area contributed by atoms with Gasteiger partial charge in [-0.25, -0.2) is 4.79 Å². The van der Waals surface area contributed by atoms with E-state index in [1.165, 1.54) is 26.4 Å². The normalized spacial score (nSPS) is 9.38. The van der Waals surface area contributed by atoms with Gasteiger partial charge in [-0.15, -0.1) is 0 Å². The van der Waals surface area contributed by atoms with Gasteiger partial charge in [-0.3, -0.25) is 0 Å². The van der Waals surface area contributed by atoms with Crippen molar-refractivity contribution in [2.75, 3.05) is 14.2 Å². The first-order valence-electron chi connectivity index (χ1n) is 4.48. The number of benzene rings is 1. The number of aliphatic hydroxyl groups is 1. The van der Waals surface area contributed by atoms with Gasteiger partial charge in [-0.05, 0) is 12.1 Å². The number of hydrogen-bond donors (Lipinski definition) is 1. The second-order valence-electron chi connectivity index (χ2n) is 2.98. The van der Waals surface area contributed by atoms with E-state index in [1.807, 2.05) is 6.07 Å². The Morgan fingerprint density at radius 2 is 2.19 bits per heavy atom. The van der Waals surface area contributed by atoms with Gasteiger partial charge in [0.15, 0.2) is 0 Å². The maximum atomic E-state index is 11.4. The van der Waals surface area contributed by atoms with Crippen molar-refractivity contribution in [3.63, 3.8) is 0 Å². The topological polar surface area (TPSA) is 79.6 Å². The van der Waals surface area contributed by atoms with Gasteiger partial charge < -0.3 is 14.6 Å². The highest BCUT2D eigenvalue weighted by atomic mass is 16.5. The molecule has 0 unspecified atom stereocenters. The Kier molecular flexibility index (Phi) is 3.86. The smallest absolute Gasteiger partial charge is 0.341 e. The fourth-order valence-corrected chi connectivity index (χ4v) is 1.37. The molecule has 0 fully saturated rings. The maximum absolute atomic E-state index is 11.4. The van der Waals surface area contributed by atoms with Crippen LogP contribution in [0.1, 0.15) is 21.5 Å². The number of carbonyl (C=O) groups is 1. The van der Waals surface area contributed by atoms with Gasteiger partial charge in [-0.1, -0.05) is 0 Å². The average molecular weight is 221 g/mol. The number of nitrogens with zero attached hydrogens (tertiary/aromatic N) is 1. The summed E-state index contributed by atoms with van der Waals surface area (Å²) in [7, 11) is 2.62. The highest BCUT2D eigenvalue weighted by molar-refractivity contribution is 5.93. The lowest BCUT2D eigenvalue weighted by atomic mass is 10.0. The second-order valence-corrected chi connectivity index (χ2v) is 2.98.